The Bertz CT molecular complexity index is 1190. The highest BCUT2D eigenvalue weighted by molar-refractivity contribution is 5.91. The molecule has 2 amide bonds. The molecule has 0 fully saturated rings. The lowest BCUT2D eigenvalue weighted by molar-refractivity contribution is -0.132. The first-order valence-corrected chi connectivity index (χ1v) is 12.0. The van der Waals surface area contributed by atoms with Gasteiger partial charge in [-0.25, -0.2) is 0 Å². The molecule has 2 heterocycles. The number of ether oxygens (including phenoxy) is 2. The minimum Gasteiger partial charge on any atom is -0.486 e. The maximum absolute atomic E-state index is 12.8. The topological polar surface area (TPSA) is 81.0 Å². The third kappa shape index (κ3) is 5.74. The highest BCUT2D eigenvalue weighted by Crippen LogP contribution is 2.38. The minimum atomic E-state index is -0.288. The number of furan rings is 1. The van der Waals surface area contributed by atoms with Gasteiger partial charge in [0.15, 0.2) is 5.76 Å². The number of nitrogens with one attached hydrogen (secondary N) is 1. The number of aryl methyl sites for hydroxylation is 1. The normalized spacial score (nSPS) is 14.9. The van der Waals surface area contributed by atoms with Gasteiger partial charge in [0.05, 0.1) is 12.6 Å². The summed E-state index contributed by atoms with van der Waals surface area (Å²) in [4.78, 5) is 26.9. The predicted molar refractivity (Wildman–Crippen MR) is 132 cm³/mol. The van der Waals surface area contributed by atoms with Crippen molar-refractivity contribution in [3.63, 3.8) is 0 Å². The lowest BCUT2D eigenvalue weighted by atomic mass is 9.87. The molecule has 184 valence electrons. The first-order valence-electron chi connectivity index (χ1n) is 12.0. The van der Waals surface area contributed by atoms with Crippen molar-refractivity contribution in [3.05, 3.63) is 88.4 Å². The van der Waals surface area contributed by atoms with Crippen LogP contribution in [0.3, 0.4) is 0 Å². The lowest BCUT2D eigenvalue weighted by Crippen LogP contribution is -2.40. The van der Waals surface area contributed by atoms with Crippen molar-refractivity contribution in [3.8, 4) is 5.75 Å². The fourth-order valence-electron chi connectivity index (χ4n) is 4.44. The van der Waals surface area contributed by atoms with Crippen molar-refractivity contribution >= 4 is 11.8 Å². The summed E-state index contributed by atoms with van der Waals surface area (Å²) >= 11 is 0. The van der Waals surface area contributed by atoms with E-state index >= 15 is 0 Å². The summed E-state index contributed by atoms with van der Waals surface area (Å²) in [7, 11) is 1.58. The van der Waals surface area contributed by atoms with Gasteiger partial charge >= 0.3 is 0 Å². The van der Waals surface area contributed by atoms with Crippen LogP contribution >= 0.6 is 0 Å². The zero-order chi connectivity index (χ0) is 24.8. The van der Waals surface area contributed by atoms with Crippen molar-refractivity contribution in [2.75, 3.05) is 26.8 Å². The quantitative estimate of drug-likeness (QED) is 0.462. The Hall–Kier alpha value is -3.58. The first-order chi connectivity index (χ1) is 17.0. The number of fused-ring (bicyclic) bond motifs is 1. The molecule has 1 aliphatic rings. The molecule has 0 saturated heterocycles. The summed E-state index contributed by atoms with van der Waals surface area (Å²) in [5, 5.41) is 2.73. The predicted octanol–water partition coefficient (Wildman–Crippen LogP) is 4.43. The molecule has 2 aromatic carbocycles. The average molecular weight is 477 g/mol. The smallest absolute Gasteiger partial charge is 0.287 e. The van der Waals surface area contributed by atoms with E-state index in [1.807, 2.05) is 30.0 Å². The van der Waals surface area contributed by atoms with Crippen LogP contribution in [-0.2, 0) is 22.6 Å². The highest BCUT2D eigenvalue weighted by atomic mass is 16.5. The van der Waals surface area contributed by atoms with Crippen molar-refractivity contribution in [2.24, 2.45) is 0 Å². The molecule has 7 nitrogen and oxygen atoms in total. The Morgan fingerprint density at radius 2 is 2.00 bits per heavy atom. The Balaban J connectivity index is 1.53. The van der Waals surface area contributed by atoms with E-state index < -0.39 is 0 Å². The van der Waals surface area contributed by atoms with Crippen molar-refractivity contribution in [1.29, 1.82) is 0 Å². The summed E-state index contributed by atoms with van der Waals surface area (Å²) in [6.45, 7) is 5.70. The summed E-state index contributed by atoms with van der Waals surface area (Å²) in [6.07, 6.45) is 1.27. The molecule has 7 heteroatoms. The van der Waals surface area contributed by atoms with Crippen molar-refractivity contribution in [2.45, 2.75) is 39.3 Å². The van der Waals surface area contributed by atoms with Crippen molar-refractivity contribution < 1.29 is 23.5 Å². The summed E-state index contributed by atoms with van der Waals surface area (Å²) in [6, 6.07) is 17.6. The van der Waals surface area contributed by atoms with Gasteiger partial charge in [-0.2, -0.15) is 0 Å². The summed E-state index contributed by atoms with van der Waals surface area (Å²) < 4.78 is 16.6. The van der Waals surface area contributed by atoms with Gasteiger partial charge in [0, 0.05) is 26.6 Å². The molecule has 0 radical (unpaired) electrons. The third-order valence-corrected chi connectivity index (χ3v) is 6.18. The zero-order valence-corrected chi connectivity index (χ0v) is 20.5. The Kier molecular flexibility index (Phi) is 7.87. The monoisotopic (exact) mass is 476 g/mol. The van der Waals surface area contributed by atoms with Gasteiger partial charge in [0.25, 0.3) is 5.91 Å². The molecule has 0 aliphatic carbocycles. The number of methoxy groups -OCH3 is 1. The van der Waals surface area contributed by atoms with Crippen LogP contribution in [0.5, 0.6) is 5.75 Å². The fourth-order valence-corrected chi connectivity index (χ4v) is 4.44. The van der Waals surface area contributed by atoms with Crippen LogP contribution in [0, 0.1) is 6.92 Å². The Labute approximate surface area is 206 Å². The number of benzene rings is 2. The largest absolute Gasteiger partial charge is 0.486 e. The molecule has 0 spiro atoms. The lowest BCUT2D eigenvalue weighted by Gasteiger charge is -2.38. The maximum atomic E-state index is 12.8. The molecule has 4 rings (SSSR count). The standard InChI is InChI=1S/C28H32N2O5/c1-4-26(31)30-14-12-20-8-9-22(17-24(20)27(30)21-7-5-6-19(2)16-21)34-18-23-10-11-25(35-23)28(32)29-13-15-33-3/h5-11,16-17,27H,4,12-15,18H2,1-3H3,(H,29,32)/t27-/m0/s1. The molecule has 35 heavy (non-hydrogen) atoms. The molecule has 0 unspecified atom stereocenters. The number of rotatable bonds is 9. The molecule has 0 saturated carbocycles. The van der Waals surface area contributed by atoms with Crippen LogP contribution in [0.15, 0.2) is 59.0 Å². The number of hydrogen-bond donors (Lipinski definition) is 1. The van der Waals surface area contributed by atoms with Gasteiger partial charge in [-0.05, 0) is 54.3 Å². The number of carbonyl (C=O) groups is 2. The van der Waals surface area contributed by atoms with Crippen LogP contribution in [0.4, 0.5) is 0 Å². The van der Waals surface area contributed by atoms with E-state index in [1.165, 1.54) is 5.56 Å². The van der Waals surface area contributed by atoms with Crippen LogP contribution in [-0.4, -0.2) is 43.5 Å². The van der Waals surface area contributed by atoms with E-state index in [-0.39, 0.29) is 30.2 Å². The van der Waals surface area contributed by atoms with Gasteiger partial charge in [-0.15, -0.1) is 0 Å². The summed E-state index contributed by atoms with van der Waals surface area (Å²) in [5.41, 5.74) is 4.56. The van der Waals surface area contributed by atoms with E-state index in [0.717, 1.165) is 23.1 Å². The molecule has 1 aromatic heterocycles. The Morgan fingerprint density at radius 3 is 2.77 bits per heavy atom. The van der Waals surface area contributed by atoms with E-state index in [0.29, 0.717) is 37.6 Å². The second-order valence-corrected chi connectivity index (χ2v) is 8.67. The van der Waals surface area contributed by atoms with Gasteiger partial charge in [-0.1, -0.05) is 42.8 Å². The van der Waals surface area contributed by atoms with E-state index in [4.69, 9.17) is 13.9 Å². The SMILES string of the molecule is CCC(=O)N1CCc2ccc(OCc3ccc(C(=O)NCCOC)o3)cc2[C@@H]1c1cccc(C)c1. The van der Waals surface area contributed by atoms with E-state index in [2.05, 4.69) is 36.5 Å². The van der Waals surface area contributed by atoms with Crippen LogP contribution in [0.1, 0.15) is 58.0 Å². The summed E-state index contributed by atoms with van der Waals surface area (Å²) in [5.74, 6) is 1.33. The van der Waals surface area contributed by atoms with E-state index in [9.17, 15) is 9.59 Å². The molecular weight excluding hydrogens is 444 g/mol. The van der Waals surface area contributed by atoms with Gasteiger partial charge in [0.2, 0.25) is 5.91 Å². The van der Waals surface area contributed by atoms with Crippen molar-refractivity contribution in [1.82, 2.24) is 10.2 Å². The second-order valence-electron chi connectivity index (χ2n) is 8.67. The molecular formula is C28H32N2O5. The molecule has 3 aromatic rings. The number of nitrogens with zero attached hydrogens (tertiary/aromatic N) is 1. The average Bonchev–Trinajstić information content (AvgIpc) is 3.35. The van der Waals surface area contributed by atoms with Gasteiger partial charge in [-0.3, -0.25) is 9.59 Å². The third-order valence-electron chi connectivity index (χ3n) is 6.18. The molecule has 0 bridgehead atoms. The highest BCUT2D eigenvalue weighted by Gasteiger charge is 2.31. The molecule has 1 N–H and O–H groups in total. The number of amides is 2. The molecule has 1 aliphatic heterocycles. The minimum absolute atomic E-state index is 0.139. The van der Waals surface area contributed by atoms with E-state index in [1.54, 1.807) is 19.2 Å². The van der Waals surface area contributed by atoms with Crippen LogP contribution in [0.2, 0.25) is 0 Å². The molecule has 1 atom stereocenters. The van der Waals surface area contributed by atoms with Gasteiger partial charge in [0.1, 0.15) is 18.1 Å². The van der Waals surface area contributed by atoms with Gasteiger partial charge < -0.3 is 24.1 Å². The first kappa shape index (κ1) is 24.5. The fraction of sp³-hybridized carbons (Fsp3) is 0.357. The number of hydrogen-bond acceptors (Lipinski definition) is 5. The van der Waals surface area contributed by atoms with Crippen LogP contribution in [0.25, 0.3) is 0 Å². The Morgan fingerprint density at radius 1 is 1.14 bits per heavy atom. The van der Waals surface area contributed by atoms with Crippen LogP contribution < -0.4 is 10.1 Å². The number of carbonyl (C=O) groups excluding carboxylic acids is 2. The maximum Gasteiger partial charge on any atom is 0.287 e. The zero-order valence-electron chi connectivity index (χ0n) is 20.5. The second kappa shape index (κ2) is 11.2.